The zero-order chi connectivity index (χ0) is 13.3. The number of hydrogen-bond donors (Lipinski definition) is 1. The Morgan fingerprint density at radius 3 is 2.89 bits per heavy atom. The molecule has 0 fully saturated rings. The monoisotopic (exact) mass is 251 g/mol. The number of nitrogens with zero attached hydrogens (tertiary/aromatic N) is 2. The lowest BCUT2D eigenvalue weighted by molar-refractivity contribution is -0.384. The molecule has 0 spiro atoms. The summed E-state index contributed by atoms with van der Waals surface area (Å²) in [4.78, 5) is 23.4. The van der Waals surface area contributed by atoms with E-state index in [1.54, 1.807) is 6.07 Å². The Labute approximate surface area is 103 Å². The van der Waals surface area contributed by atoms with Crippen molar-refractivity contribution in [2.75, 3.05) is 19.4 Å². The van der Waals surface area contributed by atoms with E-state index in [2.05, 4.69) is 4.74 Å². The minimum atomic E-state index is -0.505. The standard InChI is InChI=1S/C11H13N3O4/c1-18-11(15)13-5-4-7-2-3-9(12)10(14(16)17)8(7)6-13/h2-3H,4-6,12H2,1H3. The van der Waals surface area contributed by atoms with Gasteiger partial charge in [-0.15, -0.1) is 0 Å². The lowest BCUT2D eigenvalue weighted by Gasteiger charge is -2.27. The number of methoxy groups -OCH3 is 1. The van der Waals surface area contributed by atoms with Gasteiger partial charge in [-0.05, 0) is 18.1 Å². The summed E-state index contributed by atoms with van der Waals surface area (Å²) in [5.74, 6) is 0. The molecule has 1 aromatic rings. The van der Waals surface area contributed by atoms with Gasteiger partial charge in [-0.2, -0.15) is 0 Å². The summed E-state index contributed by atoms with van der Waals surface area (Å²) in [5.41, 5.74) is 6.98. The number of carbonyl (C=O) groups is 1. The van der Waals surface area contributed by atoms with Crippen molar-refractivity contribution in [1.29, 1.82) is 0 Å². The van der Waals surface area contributed by atoms with Crippen molar-refractivity contribution in [3.63, 3.8) is 0 Å². The van der Waals surface area contributed by atoms with E-state index in [1.807, 2.05) is 0 Å². The molecule has 0 radical (unpaired) electrons. The maximum atomic E-state index is 11.4. The van der Waals surface area contributed by atoms with Crippen LogP contribution in [0.4, 0.5) is 16.2 Å². The number of amides is 1. The van der Waals surface area contributed by atoms with Crippen LogP contribution >= 0.6 is 0 Å². The number of nitrogen functional groups attached to an aromatic ring is 1. The van der Waals surface area contributed by atoms with Crippen LogP contribution in [0.3, 0.4) is 0 Å². The molecular weight excluding hydrogens is 238 g/mol. The first-order valence-electron chi connectivity index (χ1n) is 5.42. The van der Waals surface area contributed by atoms with Gasteiger partial charge in [-0.3, -0.25) is 10.1 Å². The van der Waals surface area contributed by atoms with E-state index in [4.69, 9.17) is 5.73 Å². The maximum absolute atomic E-state index is 11.4. The molecule has 0 atom stereocenters. The molecule has 2 N–H and O–H groups in total. The Kier molecular flexibility index (Phi) is 3.05. The fourth-order valence-corrected chi connectivity index (χ4v) is 2.13. The highest BCUT2D eigenvalue weighted by atomic mass is 16.6. The lowest BCUT2D eigenvalue weighted by Crippen LogP contribution is -2.36. The molecule has 0 saturated heterocycles. The van der Waals surface area contributed by atoms with Gasteiger partial charge in [0.2, 0.25) is 0 Å². The zero-order valence-electron chi connectivity index (χ0n) is 9.88. The van der Waals surface area contributed by atoms with Crippen molar-refractivity contribution in [3.8, 4) is 0 Å². The molecule has 1 aliphatic heterocycles. The van der Waals surface area contributed by atoms with Gasteiger partial charge in [0, 0.05) is 6.54 Å². The number of ether oxygens (including phenoxy) is 1. The van der Waals surface area contributed by atoms with Gasteiger partial charge in [0.25, 0.3) is 5.69 Å². The Balaban J connectivity index is 2.43. The van der Waals surface area contributed by atoms with Crippen molar-refractivity contribution in [2.45, 2.75) is 13.0 Å². The Morgan fingerprint density at radius 1 is 1.56 bits per heavy atom. The number of hydrogen-bond acceptors (Lipinski definition) is 5. The predicted octanol–water partition coefficient (Wildman–Crippen LogP) is 1.30. The predicted molar refractivity (Wildman–Crippen MR) is 64.0 cm³/mol. The van der Waals surface area contributed by atoms with Crippen LogP contribution in [-0.4, -0.2) is 29.6 Å². The summed E-state index contributed by atoms with van der Waals surface area (Å²) in [7, 11) is 1.28. The first-order valence-corrected chi connectivity index (χ1v) is 5.42. The molecule has 2 rings (SSSR count). The van der Waals surface area contributed by atoms with Gasteiger partial charge in [-0.1, -0.05) is 6.07 Å². The first kappa shape index (κ1) is 12.2. The lowest BCUT2D eigenvalue weighted by atomic mass is 9.97. The highest BCUT2D eigenvalue weighted by Gasteiger charge is 2.29. The van der Waals surface area contributed by atoms with E-state index < -0.39 is 11.0 Å². The van der Waals surface area contributed by atoms with E-state index >= 15 is 0 Å². The summed E-state index contributed by atoms with van der Waals surface area (Å²) in [5, 5.41) is 11.0. The number of nitrogens with two attached hydrogens (primary N) is 1. The van der Waals surface area contributed by atoms with Crippen LogP contribution in [0.2, 0.25) is 0 Å². The molecule has 1 heterocycles. The van der Waals surface area contributed by atoms with E-state index in [-0.39, 0.29) is 17.9 Å². The molecule has 7 nitrogen and oxygen atoms in total. The average molecular weight is 251 g/mol. The molecule has 0 aromatic heterocycles. The topological polar surface area (TPSA) is 98.7 Å². The quantitative estimate of drug-likeness (QED) is 0.460. The van der Waals surface area contributed by atoms with Crippen LogP contribution in [0.1, 0.15) is 11.1 Å². The molecular formula is C11H13N3O4. The largest absolute Gasteiger partial charge is 0.453 e. The highest BCUT2D eigenvalue weighted by molar-refractivity contribution is 5.70. The molecule has 1 aliphatic rings. The third-order valence-electron chi connectivity index (χ3n) is 3.03. The van der Waals surface area contributed by atoms with Crippen molar-refractivity contribution < 1.29 is 14.5 Å². The fraction of sp³-hybridized carbons (Fsp3) is 0.364. The molecule has 0 saturated carbocycles. The van der Waals surface area contributed by atoms with Crippen LogP contribution in [0.5, 0.6) is 0 Å². The number of nitro groups is 1. The second kappa shape index (κ2) is 4.52. The average Bonchev–Trinajstić information content (AvgIpc) is 2.36. The van der Waals surface area contributed by atoms with E-state index in [0.29, 0.717) is 18.5 Å². The van der Waals surface area contributed by atoms with Crippen LogP contribution < -0.4 is 5.73 Å². The summed E-state index contributed by atoms with van der Waals surface area (Å²) in [6, 6.07) is 3.30. The SMILES string of the molecule is COC(=O)N1CCc2ccc(N)c([N+](=O)[O-])c2C1. The molecule has 96 valence electrons. The molecule has 18 heavy (non-hydrogen) atoms. The van der Waals surface area contributed by atoms with Crippen LogP contribution in [0, 0.1) is 10.1 Å². The van der Waals surface area contributed by atoms with Crippen LogP contribution in [0.25, 0.3) is 0 Å². The summed E-state index contributed by atoms with van der Waals surface area (Å²) in [6.07, 6.45) is 0.0725. The van der Waals surface area contributed by atoms with Crippen molar-refractivity contribution >= 4 is 17.5 Å². The van der Waals surface area contributed by atoms with Crippen LogP contribution in [-0.2, 0) is 17.7 Å². The van der Waals surface area contributed by atoms with Crippen molar-refractivity contribution in [3.05, 3.63) is 33.4 Å². The third-order valence-corrected chi connectivity index (χ3v) is 3.03. The molecule has 0 aliphatic carbocycles. The second-order valence-corrected chi connectivity index (χ2v) is 4.04. The Bertz CT molecular complexity index is 515. The van der Waals surface area contributed by atoms with E-state index in [0.717, 1.165) is 5.56 Å². The van der Waals surface area contributed by atoms with E-state index in [1.165, 1.54) is 18.1 Å². The highest BCUT2D eigenvalue weighted by Crippen LogP contribution is 2.33. The maximum Gasteiger partial charge on any atom is 0.409 e. The first-order chi connectivity index (χ1) is 8.54. The number of fused-ring (bicyclic) bond motifs is 1. The summed E-state index contributed by atoms with van der Waals surface area (Å²) < 4.78 is 4.62. The van der Waals surface area contributed by atoms with Gasteiger partial charge >= 0.3 is 6.09 Å². The number of anilines is 1. The Morgan fingerprint density at radius 2 is 2.28 bits per heavy atom. The van der Waals surface area contributed by atoms with Gasteiger partial charge in [-0.25, -0.2) is 4.79 Å². The van der Waals surface area contributed by atoms with Gasteiger partial charge < -0.3 is 15.4 Å². The van der Waals surface area contributed by atoms with E-state index in [9.17, 15) is 14.9 Å². The molecule has 1 aromatic carbocycles. The van der Waals surface area contributed by atoms with Crippen molar-refractivity contribution in [2.24, 2.45) is 0 Å². The minimum absolute atomic E-state index is 0.110. The van der Waals surface area contributed by atoms with Crippen molar-refractivity contribution in [1.82, 2.24) is 4.90 Å². The fourth-order valence-electron chi connectivity index (χ4n) is 2.13. The van der Waals surface area contributed by atoms with Gasteiger partial charge in [0.05, 0.1) is 24.1 Å². The van der Waals surface area contributed by atoms with Crippen LogP contribution in [0.15, 0.2) is 12.1 Å². The van der Waals surface area contributed by atoms with Gasteiger partial charge in [0.1, 0.15) is 5.69 Å². The number of carbonyl (C=O) groups excluding carboxylic acids is 1. The number of benzene rings is 1. The zero-order valence-corrected chi connectivity index (χ0v) is 9.88. The molecule has 0 bridgehead atoms. The molecule has 1 amide bonds. The second-order valence-electron chi connectivity index (χ2n) is 4.04. The smallest absolute Gasteiger partial charge is 0.409 e. The number of rotatable bonds is 1. The Hall–Kier alpha value is -2.31. The minimum Gasteiger partial charge on any atom is -0.453 e. The summed E-state index contributed by atoms with van der Waals surface area (Å²) >= 11 is 0. The molecule has 7 heteroatoms. The molecule has 0 unspecified atom stereocenters. The normalized spacial score (nSPS) is 13.9. The van der Waals surface area contributed by atoms with Gasteiger partial charge in [0.15, 0.2) is 0 Å². The summed E-state index contributed by atoms with van der Waals surface area (Å²) in [6.45, 7) is 0.643. The third kappa shape index (κ3) is 1.94. The number of nitro benzene ring substituents is 1.